The highest BCUT2D eigenvalue weighted by Gasteiger charge is 2.39. The minimum Gasteiger partial charge on any atom is -0.391 e. The molecule has 2 fully saturated rings. The van der Waals surface area contributed by atoms with E-state index in [4.69, 9.17) is 0 Å². The Morgan fingerprint density at radius 1 is 1.19 bits per heavy atom. The van der Waals surface area contributed by atoms with Crippen LogP contribution in [0.5, 0.6) is 0 Å². The van der Waals surface area contributed by atoms with Gasteiger partial charge in [-0.3, -0.25) is 9.59 Å². The number of thiazole rings is 1. The van der Waals surface area contributed by atoms with Crippen LogP contribution in [-0.2, 0) is 6.18 Å². The molecule has 2 aromatic heterocycles. The van der Waals surface area contributed by atoms with Crippen LogP contribution in [0.3, 0.4) is 0 Å². The quantitative estimate of drug-likeness (QED) is 0.537. The van der Waals surface area contributed by atoms with Crippen molar-refractivity contribution in [1.82, 2.24) is 20.2 Å². The SMILES string of the molecule is CC1CCCN1C(=O)c1nc(C(=O)NC2CCC2O)sc1-c1cnc(NC(C)(C)C)cc1C(F)(F)F. The first-order valence-corrected chi connectivity index (χ1v) is 12.7. The molecule has 3 unspecified atom stereocenters. The zero-order valence-electron chi connectivity index (χ0n) is 20.6. The molecule has 3 heterocycles. The fourth-order valence-corrected chi connectivity index (χ4v) is 5.30. The van der Waals surface area contributed by atoms with Gasteiger partial charge in [-0.2, -0.15) is 13.2 Å². The number of rotatable bonds is 5. The van der Waals surface area contributed by atoms with Gasteiger partial charge in [0.05, 0.1) is 22.6 Å². The van der Waals surface area contributed by atoms with Gasteiger partial charge in [0, 0.05) is 29.9 Å². The largest absolute Gasteiger partial charge is 0.417 e. The van der Waals surface area contributed by atoms with Gasteiger partial charge in [0.25, 0.3) is 11.8 Å². The van der Waals surface area contributed by atoms with Gasteiger partial charge in [0.1, 0.15) is 11.5 Å². The molecule has 196 valence electrons. The van der Waals surface area contributed by atoms with Crippen LogP contribution >= 0.6 is 11.3 Å². The number of pyridine rings is 1. The van der Waals surface area contributed by atoms with E-state index >= 15 is 0 Å². The number of halogens is 3. The molecular formula is C24H30F3N5O3S. The average molecular weight is 526 g/mol. The highest BCUT2D eigenvalue weighted by atomic mass is 32.1. The van der Waals surface area contributed by atoms with E-state index in [0.717, 1.165) is 36.4 Å². The lowest BCUT2D eigenvalue weighted by molar-refractivity contribution is -0.137. The van der Waals surface area contributed by atoms with Crippen LogP contribution in [0.2, 0.25) is 0 Å². The maximum Gasteiger partial charge on any atom is 0.417 e. The number of carbonyl (C=O) groups excluding carboxylic acids is 2. The van der Waals surface area contributed by atoms with Gasteiger partial charge < -0.3 is 20.6 Å². The van der Waals surface area contributed by atoms with Crippen molar-refractivity contribution in [2.75, 3.05) is 11.9 Å². The minimum absolute atomic E-state index is 0.0427. The Morgan fingerprint density at radius 2 is 1.92 bits per heavy atom. The molecule has 0 aromatic carbocycles. The van der Waals surface area contributed by atoms with Gasteiger partial charge in [0.15, 0.2) is 5.01 Å². The second kappa shape index (κ2) is 9.62. The first-order chi connectivity index (χ1) is 16.7. The third-order valence-electron chi connectivity index (χ3n) is 6.35. The number of nitrogens with zero attached hydrogens (tertiary/aromatic N) is 3. The monoisotopic (exact) mass is 525 g/mol. The summed E-state index contributed by atoms with van der Waals surface area (Å²) in [5.74, 6) is -1.11. The fourth-order valence-electron chi connectivity index (χ4n) is 4.32. The smallest absolute Gasteiger partial charge is 0.391 e. The number of anilines is 1. The Balaban J connectivity index is 1.80. The van der Waals surface area contributed by atoms with Crippen LogP contribution in [0.4, 0.5) is 19.0 Å². The molecule has 1 saturated carbocycles. The maximum absolute atomic E-state index is 14.2. The van der Waals surface area contributed by atoms with E-state index in [1.165, 1.54) is 0 Å². The Labute approximate surface area is 211 Å². The van der Waals surface area contributed by atoms with Crippen LogP contribution in [0.15, 0.2) is 12.3 Å². The maximum atomic E-state index is 14.2. The second-order valence-electron chi connectivity index (χ2n) is 10.4. The number of hydrogen-bond donors (Lipinski definition) is 3. The summed E-state index contributed by atoms with van der Waals surface area (Å²) in [6.45, 7) is 7.74. The van der Waals surface area contributed by atoms with Crippen LogP contribution < -0.4 is 10.6 Å². The third kappa shape index (κ3) is 5.49. The summed E-state index contributed by atoms with van der Waals surface area (Å²) in [4.78, 5) is 36.2. The van der Waals surface area contributed by atoms with Crippen LogP contribution in [0, 0.1) is 0 Å². The molecule has 4 rings (SSSR count). The number of likely N-dealkylation sites (tertiary alicyclic amines) is 1. The summed E-state index contributed by atoms with van der Waals surface area (Å²) in [6.07, 6.45) is -1.64. The Bertz CT molecular complexity index is 1160. The summed E-state index contributed by atoms with van der Waals surface area (Å²) in [6, 6.07) is 0.378. The molecule has 2 aromatic rings. The van der Waals surface area contributed by atoms with E-state index < -0.39 is 41.2 Å². The Hall–Kier alpha value is -2.73. The summed E-state index contributed by atoms with van der Waals surface area (Å²) in [7, 11) is 0. The molecule has 1 aliphatic carbocycles. The lowest BCUT2D eigenvalue weighted by Crippen LogP contribution is -2.50. The van der Waals surface area contributed by atoms with E-state index in [-0.39, 0.29) is 33.0 Å². The molecule has 1 saturated heterocycles. The molecule has 12 heteroatoms. The summed E-state index contributed by atoms with van der Waals surface area (Å²) in [5.41, 5.74) is -2.00. The van der Waals surface area contributed by atoms with Crippen molar-refractivity contribution in [3.8, 4) is 10.4 Å². The van der Waals surface area contributed by atoms with E-state index in [2.05, 4.69) is 20.6 Å². The molecule has 2 aliphatic rings. The number of nitrogens with one attached hydrogen (secondary N) is 2. The van der Waals surface area contributed by atoms with Gasteiger partial charge in [-0.1, -0.05) is 0 Å². The highest BCUT2D eigenvalue weighted by Crippen LogP contribution is 2.42. The van der Waals surface area contributed by atoms with Crippen LogP contribution in [0.25, 0.3) is 10.4 Å². The van der Waals surface area contributed by atoms with Crippen molar-refractivity contribution in [1.29, 1.82) is 0 Å². The average Bonchev–Trinajstić information content (AvgIpc) is 3.41. The molecule has 3 N–H and O–H groups in total. The third-order valence-corrected chi connectivity index (χ3v) is 7.44. The molecule has 36 heavy (non-hydrogen) atoms. The Kier molecular flexibility index (Phi) is 7.04. The molecule has 0 radical (unpaired) electrons. The molecule has 3 atom stereocenters. The highest BCUT2D eigenvalue weighted by molar-refractivity contribution is 7.17. The minimum atomic E-state index is -4.74. The van der Waals surface area contributed by atoms with Crippen molar-refractivity contribution in [2.45, 2.75) is 83.3 Å². The van der Waals surface area contributed by atoms with E-state index in [9.17, 15) is 27.9 Å². The van der Waals surface area contributed by atoms with Crippen molar-refractivity contribution in [3.63, 3.8) is 0 Å². The molecule has 1 aliphatic heterocycles. The van der Waals surface area contributed by atoms with Gasteiger partial charge in [-0.25, -0.2) is 9.97 Å². The van der Waals surface area contributed by atoms with Crippen LogP contribution in [-0.4, -0.2) is 62.1 Å². The topological polar surface area (TPSA) is 107 Å². The van der Waals surface area contributed by atoms with Crippen molar-refractivity contribution >= 4 is 29.0 Å². The number of aliphatic hydroxyl groups excluding tert-OH is 1. The molecule has 8 nitrogen and oxygen atoms in total. The molecule has 0 bridgehead atoms. The second-order valence-corrected chi connectivity index (χ2v) is 11.4. The fraction of sp³-hybridized carbons (Fsp3) is 0.583. The zero-order chi connectivity index (χ0) is 26.4. The van der Waals surface area contributed by atoms with Crippen molar-refractivity contribution in [3.05, 3.63) is 28.5 Å². The van der Waals surface area contributed by atoms with Gasteiger partial charge >= 0.3 is 6.18 Å². The lowest BCUT2D eigenvalue weighted by atomic mass is 9.89. The normalized spacial score (nSPS) is 22.3. The first-order valence-electron chi connectivity index (χ1n) is 11.9. The summed E-state index contributed by atoms with van der Waals surface area (Å²) in [5, 5.41) is 15.3. The number of carbonyl (C=O) groups is 2. The Morgan fingerprint density at radius 3 is 2.44 bits per heavy atom. The number of amides is 2. The van der Waals surface area contributed by atoms with Gasteiger partial charge in [0.2, 0.25) is 0 Å². The standard InChI is InChI=1S/C24H30F3N5O3S/c1-12-6-5-9-32(12)22(35)18-19(36-21(30-18)20(34)29-15-7-8-16(15)33)13-11-28-17(31-23(2,3)4)10-14(13)24(25,26)27/h10-12,15-16,33H,5-9H2,1-4H3,(H,28,31)(H,29,34). The lowest BCUT2D eigenvalue weighted by Gasteiger charge is -2.32. The predicted molar refractivity (Wildman–Crippen MR) is 130 cm³/mol. The number of aromatic nitrogens is 2. The first kappa shape index (κ1) is 26.3. The predicted octanol–water partition coefficient (Wildman–Crippen LogP) is 4.31. The van der Waals surface area contributed by atoms with Crippen molar-refractivity contribution in [2.24, 2.45) is 0 Å². The van der Waals surface area contributed by atoms with E-state index in [1.54, 1.807) is 25.7 Å². The van der Waals surface area contributed by atoms with E-state index in [1.807, 2.05) is 6.92 Å². The van der Waals surface area contributed by atoms with E-state index in [0.29, 0.717) is 19.4 Å². The van der Waals surface area contributed by atoms with Gasteiger partial charge in [-0.05, 0) is 59.4 Å². The zero-order valence-corrected chi connectivity index (χ0v) is 21.4. The van der Waals surface area contributed by atoms with Gasteiger partial charge in [-0.15, -0.1) is 11.3 Å². The number of aliphatic hydroxyl groups is 1. The molecular weight excluding hydrogens is 495 g/mol. The summed E-state index contributed by atoms with van der Waals surface area (Å²) < 4.78 is 42.6. The van der Waals surface area contributed by atoms with Crippen LogP contribution in [0.1, 0.15) is 79.2 Å². The van der Waals surface area contributed by atoms with Crippen molar-refractivity contribution < 1.29 is 27.9 Å². The molecule has 0 spiro atoms. The summed E-state index contributed by atoms with van der Waals surface area (Å²) >= 11 is 0.723. The number of hydrogen-bond acceptors (Lipinski definition) is 7. The molecule has 2 amide bonds. The number of alkyl halides is 3.